The minimum Gasteiger partial charge on any atom is -0.208 e. The largest absolute Gasteiger partial charge is 0.208 e. The smallest absolute Gasteiger partial charge is 0.164 e. The topological polar surface area (TPSA) is 38.7 Å². The summed E-state index contributed by atoms with van der Waals surface area (Å²) < 4.78 is 0. The van der Waals surface area contributed by atoms with Crippen molar-refractivity contribution in [3.63, 3.8) is 0 Å². The molecule has 8 rings (SSSR count). The Bertz CT molecular complexity index is 2380. The van der Waals surface area contributed by atoms with Gasteiger partial charge in [-0.3, -0.25) is 0 Å². The quantitative estimate of drug-likeness (QED) is 0.149. The van der Waals surface area contributed by atoms with Gasteiger partial charge in [-0.05, 0) is 68.8 Å². The SMILES string of the molecule is C[Si](C)(C)c1ccc(-c2cccc(-c3cccc(-c4nc(-c5cccc(-c6ccccc6)c5)nc(-c5cccc(-c6ccccc6)c5)n4)c3)c2)cc1. The Balaban J connectivity index is 1.21. The van der Waals surface area contributed by atoms with Crippen LogP contribution in [0.15, 0.2) is 182 Å². The van der Waals surface area contributed by atoms with Crippen LogP contribution in [0.2, 0.25) is 19.6 Å². The highest BCUT2D eigenvalue weighted by Crippen LogP contribution is 2.32. The van der Waals surface area contributed by atoms with Crippen molar-refractivity contribution in [2.75, 3.05) is 0 Å². The molecule has 0 amide bonds. The molecule has 0 unspecified atom stereocenters. The number of nitrogens with zero attached hydrogens (tertiary/aromatic N) is 3. The predicted octanol–water partition coefficient (Wildman–Crippen LogP) is 12.1. The molecule has 52 heavy (non-hydrogen) atoms. The Morgan fingerprint density at radius 1 is 0.269 bits per heavy atom. The van der Waals surface area contributed by atoms with Crippen LogP contribution in [0.25, 0.3) is 78.7 Å². The lowest BCUT2D eigenvalue weighted by atomic mass is 9.98. The van der Waals surface area contributed by atoms with Gasteiger partial charge in [-0.1, -0.05) is 183 Å². The second-order valence-corrected chi connectivity index (χ2v) is 19.3. The van der Waals surface area contributed by atoms with E-state index in [1.165, 1.54) is 16.3 Å². The zero-order valence-electron chi connectivity index (χ0n) is 29.7. The maximum atomic E-state index is 5.12. The van der Waals surface area contributed by atoms with Gasteiger partial charge in [0.05, 0.1) is 8.07 Å². The number of hydrogen-bond donors (Lipinski definition) is 0. The Morgan fingerprint density at radius 3 is 0.885 bits per heavy atom. The molecule has 0 bridgehead atoms. The van der Waals surface area contributed by atoms with Crippen molar-refractivity contribution in [2.45, 2.75) is 19.6 Å². The molecule has 0 aliphatic rings. The molecule has 0 radical (unpaired) electrons. The van der Waals surface area contributed by atoms with E-state index in [1.807, 2.05) is 12.1 Å². The Hall–Kier alpha value is -6.23. The predicted molar refractivity (Wildman–Crippen MR) is 221 cm³/mol. The Labute approximate surface area is 307 Å². The van der Waals surface area contributed by atoms with Gasteiger partial charge in [-0.25, -0.2) is 15.0 Å². The van der Waals surface area contributed by atoms with E-state index in [1.54, 1.807) is 0 Å². The molecule has 0 atom stereocenters. The molecule has 0 aliphatic heterocycles. The van der Waals surface area contributed by atoms with Crippen molar-refractivity contribution < 1.29 is 0 Å². The van der Waals surface area contributed by atoms with E-state index >= 15 is 0 Å². The van der Waals surface area contributed by atoms with E-state index < -0.39 is 8.07 Å². The van der Waals surface area contributed by atoms with Gasteiger partial charge in [0.1, 0.15) is 0 Å². The summed E-state index contributed by atoms with van der Waals surface area (Å²) in [6.45, 7) is 7.16. The summed E-state index contributed by atoms with van der Waals surface area (Å²) in [4.78, 5) is 15.3. The molecule has 7 aromatic carbocycles. The number of aromatic nitrogens is 3. The molecule has 1 aromatic heterocycles. The van der Waals surface area contributed by atoms with Gasteiger partial charge in [0.15, 0.2) is 17.5 Å². The molecular weight excluding hydrogens is 647 g/mol. The minimum atomic E-state index is -1.36. The van der Waals surface area contributed by atoms with Crippen LogP contribution in [0.5, 0.6) is 0 Å². The summed E-state index contributed by atoms with van der Waals surface area (Å²) in [6.07, 6.45) is 0. The van der Waals surface area contributed by atoms with Crippen molar-refractivity contribution in [3.8, 4) is 78.7 Å². The summed E-state index contributed by atoms with van der Waals surface area (Å²) >= 11 is 0. The van der Waals surface area contributed by atoms with Crippen LogP contribution in [0.4, 0.5) is 0 Å². The van der Waals surface area contributed by atoms with Crippen molar-refractivity contribution >= 4 is 13.3 Å². The normalized spacial score (nSPS) is 11.4. The zero-order valence-corrected chi connectivity index (χ0v) is 30.7. The first-order chi connectivity index (χ1) is 25.4. The highest BCUT2D eigenvalue weighted by Gasteiger charge is 2.17. The van der Waals surface area contributed by atoms with E-state index in [2.05, 4.69) is 189 Å². The molecule has 0 spiro atoms. The molecule has 8 aromatic rings. The molecule has 0 saturated heterocycles. The highest BCUT2D eigenvalue weighted by atomic mass is 28.3. The lowest BCUT2D eigenvalue weighted by molar-refractivity contribution is 1.07. The summed E-state index contributed by atoms with van der Waals surface area (Å²) in [5.41, 5.74) is 12.0. The molecule has 0 aliphatic carbocycles. The van der Waals surface area contributed by atoms with E-state index in [0.717, 1.165) is 50.1 Å². The molecule has 3 nitrogen and oxygen atoms in total. The fraction of sp³-hybridized carbons (Fsp3) is 0.0625. The van der Waals surface area contributed by atoms with Gasteiger partial charge in [0.25, 0.3) is 0 Å². The second-order valence-electron chi connectivity index (χ2n) is 14.2. The highest BCUT2D eigenvalue weighted by molar-refractivity contribution is 6.88. The van der Waals surface area contributed by atoms with Gasteiger partial charge >= 0.3 is 0 Å². The van der Waals surface area contributed by atoms with Crippen LogP contribution in [-0.2, 0) is 0 Å². The second kappa shape index (κ2) is 14.2. The molecule has 0 saturated carbocycles. The Kier molecular flexibility index (Phi) is 8.98. The van der Waals surface area contributed by atoms with E-state index in [0.29, 0.717) is 17.5 Å². The number of rotatable bonds is 8. The maximum Gasteiger partial charge on any atom is 0.164 e. The first kappa shape index (κ1) is 32.9. The summed E-state index contributed by atoms with van der Waals surface area (Å²) in [6, 6.07) is 64.2. The summed E-state index contributed by atoms with van der Waals surface area (Å²) in [7, 11) is -1.36. The fourth-order valence-electron chi connectivity index (χ4n) is 6.58. The summed E-state index contributed by atoms with van der Waals surface area (Å²) in [5, 5.41) is 1.47. The average Bonchev–Trinajstić information content (AvgIpc) is 3.21. The molecule has 1 heterocycles. The lowest BCUT2D eigenvalue weighted by Crippen LogP contribution is -2.37. The van der Waals surface area contributed by atoms with Gasteiger partial charge in [-0.2, -0.15) is 0 Å². The third kappa shape index (κ3) is 7.16. The maximum absolute atomic E-state index is 5.12. The van der Waals surface area contributed by atoms with Crippen LogP contribution >= 0.6 is 0 Å². The molecule has 0 N–H and O–H groups in total. The van der Waals surface area contributed by atoms with Crippen LogP contribution in [0.3, 0.4) is 0 Å². The average molecular weight is 686 g/mol. The molecule has 0 fully saturated rings. The first-order valence-electron chi connectivity index (χ1n) is 17.8. The molecule has 4 heteroatoms. The van der Waals surface area contributed by atoms with Crippen molar-refractivity contribution in [1.82, 2.24) is 15.0 Å². The van der Waals surface area contributed by atoms with Gasteiger partial charge in [0, 0.05) is 16.7 Å². The van der Waals surface area contributed by atoms with Crippen LogP contribution in [0, 0.1) is 0 Å². The molecule has 250 valence electrons. The minimum absolute atomic E-state index is 0.634. The lowest BCUT2D eigenvalue weighted by Gasteiger charge is -2.17. The van der Waals surface area contributed by atoms with E-state index in [4.69, 9.17) is 15.0 Å². The van der Waals surface area contributed by atoms with Crippen LogP contribution in [-0.4, -0.2) is 23.0 Å². The third-order valence-electron chi connectivity index (χ3n) is 9.49. The van der Waals surface area contributed by atoms with Crippen molar-refractivity contribution in [1.29, 1.82) is 0 Å². The van der Waals surface area contributed by atoms with E-state index in [9.17, 15) is 0 Å². The summed E-state index contributed by atoms with van der Waals surface area (Å²) in [5.74, 6) is 1.91. The van der Waals surface area contributed by atoms with Gasteiger partial charge < -0.3 is 0 Å². The van der Waals surface area contributed by atoms with Crippen LogP contribution < -0.4 is 5.19 Å². The van der Waals surface area contributed by atoms with Crippen molar-refractivity contribution in [2.24, 2.45) is 0 Å². The van der Waals surface area contributed by atoms with Gasteiger partial charge in [-0.15, -0.1) is 0 Å². The monoisotopic (exact) mass is 685 g/mol. The number of hydrogen-bond acceptors (Lipinski definition) is 3. The standard InChI is InChI=1S/C48H39N3Si/c1-52(2,3)45-28-26-36(27-29-45)37-18-10-21-40(30-37)41-22-13-25-44(33-41)48-50-46(42-23-11-19-38(31-42)34-14-6-4-7-15-34)49-47(51-48)43-24-12-20-39(32-43)35-16-8-5-9-17-35/h4-33H,1-3H3. The third-order valence-corrected chi connectivity index (χ3v) is 11.6. The zero-order chi connectivity index (χ0) is 35.5. The van der Waals surface area contributed by atoms with Gasteiger partial charge in [0.2, 0.25) is 0 Å². The van der Waals surface area contributed by atoms with E-state index in [-0.39, 0.29) is 0 Å². The first-order valence-corrected chi connectivity index (χ1v) is 21.3. The number of benzene rings is 7. The fourth-order valence-corrected chi connectivity index (χ4v) is 7.75. The van der Waals surface area contributed by atoms with Crippen molar-refractivity contribution in [3.05, 3.63) is 182 Å². The Morgan fingerprint density at radius 2 is 0.538 bits per heavy atom. The molecular formula is C48H39N3Si. The van der Waals surface area contributed by atoms with Crippen LogP contribution in [0.1, 0.15) is 0 Å².